The summed E-state index contributed by atoms with van der Waals surface area (Å²) in [6.45, 7) is -0.150. The van der Waals surface area contributed by atoms with Crippen LogP contribution in [-0.4, -0.2) is 17.1 Å². The van der Waals surface area contributed by atoms with Gasteiger partial charge in [-0.05, 0) is 11.6 Å². The van der Waals surface area contributed by atoms with Crippen LogP contribution in [0, 0.1) is 0 Å². The van der Waals surface area contributed by atoms with Crippen molar-refractivity contribution >= 4 is 16.8 Å². The van der Waals surface area contributed by atoms with Crippen LogP contribution in [0.4, 0.5) is 13.2 Å². The third-order valence-electron chi connectivity index (χ3n) is 2.37. The first-order chi connectivity index (χ1) is 7.98. The normalized spacial score (nSPS) is 11.7. The summed E-state index contributed by atoms with van der Waals surface area (Å²) in [5.74, 6) is -1.93. The molecule has 0 radical (unpaired) electrons. The summed E-state index contributed by atoms with van der Waals surface area (Å²) in [6, 6.07) is 7.19. The molecule has 3 nitrogen and oxygen atoms in total. The molecule has 1 aromatic heterocycles. The summed E-state index contributed by atoms with van der Waals surface area (Å²) < 4.78 is 35.9. The van der Waals surface area contributed by atoms with Crippen molar-refractivity contribution in [1.82, 2.24) is 10.3 Å². The Hall–Kier alpha value is -1.98. The molecule has 1 aromatic carbocycles. The van der Waals surface area contributed by atoms with Gasteiger partial charge in [0.05, 0.1) is 0 Å². The summed E-state index contributed by atoms with van der Waals surface area (Å²) in [6.07, 6.45) is -3.26. The summed E-state index contributed by atoms with van der Waals surface area (Å²) in [7, 11) is 0. The molecular weight excluding hydrogens is 233 g/mol. The van der Waals surface area contributed by atoms with E-state index in [0.717, 1.165) is 10.9 Å². The predicted octanol–water partition coefficient (Wildman–Crippen LogP) is 2.35. The average Bonchev–Trinajstić information content (AvgIpc) is 2.68. The largest absolute Gasteiger partial charge is 0.471 e. The quantitative estimate of drug-likeness (QED) is 0.834. The van der Waals surface area contributed by atoms with Gasteiger partial charge in [-0.1, -0.05) is 18.2 Å². The zero-order valence-electron chi connectivity index (χ0n) is 8.64. The van der Waals surface area contributed by atoms with Gasteiger partial charge in [-0.15, -0.1) is 0 Å². The number of benzene rings is 1. The van der Waals surface area contributed by atoms with Crippen LogP contribution in [0.1, 0.15) is 5.56 Å². The van der Waals surface area contributed by atoms with Crippen molar-refractivity contribution < 1.29 is 18.0 Å². The molecule has 0 saturated carbocycles. The van der Waals surface area contributed by atoms with Gasteiger partial charge in [0.15, 0.2) is 0 Å². The second kappa shape index (κ2) is 4.12. The second-order valence-electron chi connectivity index (χ2n) is 3.54. The molecule has 17 heavy (non-hydrogen) atoms. The minimum absolute atomic E-state index is 0.150. The van der Waals surface area contributed by atoms with Gasteiger partial charge in [0.2, 0.25) is 0 Å². The fourth-order valence-electron chi connectivity index (χ4n) is 1.55. The number of fused-ring (bicyclic) bond motifs is 1. The maximum atomic E-state index is 12.0. The number of carbonyl (C=O) groups is 1. The van der Waals surface area contributed by atoms with Crippen LogP contribution in [-0.2, 0) is 11.3 Å². The molecule has 2 rings (SSSR count). The number of aromatic nitrogens is 1. The van der Waals surface area contributed by atoms with Crippen molar-refractivity contribution in [3.8, 4) is 0 Å². The average molecular weight is 242 g/mol. The van der Waals surface area contributed by atoms with Gasteiger partial charge in [0.1, 0.15) is 0 Å². The van der Waals surface area contributed by atoms with E-state index in [-0.39, 0.29) is 6.54 Å². The molecule has 90 valence electrons. The third kappa shape index (κ3) is 2.41. The molecule has 2 N–H and O–H groups in total. The Morgan fingerprint density at radius 3 is 2.71 bits per heavy atom. The van der Waals surface area contributed by atoms with Crippen molar-refractivity contribution in [1.29, 1.82) is 0 Å². The highest BCUT2D eigenvalue weighted by Gasteiger charge is 2.38. The molecule has 0 saturated heterocycles. The number of alkyl halides is 3. The minimum atomic E-state index is -4.84. The lowest BCUT2D eigenvalue weighted by molar-refractivity contribution is -0.173. The molecular formula is C11H9F3N2O. The number of aromatic amines is 1. The van der Waals surface area contributed by atoms with Crippen molar-refractivity contribution in [3.05, 3.63) is 36.0 Å². The van der Waals surface area contributed by atoms with Crippen LogP contribution < -0.4 is 5.32 Å². The van der Waals surface area contributed by atoms with Crippen LogP contribution >= 0.6 is 0 Å². The second-order valence-corrected chi connectivity index (χ2v) is 3.54. The molecule has 1 heterocycles. The molecule has 6 heteroatoms. The maximum Gasteiger partial charge on any atom is 0.471 e. The molecule has 0 bridgehead atoms. The summed E-state index contributed by atoms with van der Waals surface area (Å²) in [5, 5.41) is 2.63. The highest BCUT2D eigenvalue weighted by molar-refractivity contribution is 5.85. The van der Waals surface area contributed by atoms with E-state index in [1.807, 2.05) is 17.4 Å². The van der Waals surface area contributed by atoms with E-state index in [2.05, 4.69) is 4.98 Å². The zero-order valence-corrected chi connectivity index (χ0v) is 8.64. The van der Waals surface area contributed by atoms with Gasteiger partial charge in [-0.25, -0.2) is 0 Å². The van der Waals surface area contributed by atoms with Gasteiger partial charge < -0.3 is 10.3 Å². The maximum absolute atomic E-state index is 12.0. The summed E-state index contributed by atoms with van der Waals surface area (Å²) >= 11 is 0. The van der Waals surface area contributed by atoms with Gasteiger partial charge in [-0.2, -0.15) is 13.2 Å². The van der Waals surface area contributed by atoms with Crippen molar-refractivity contribution in [2.75, 3.05) is 0 Å². The lowest BCUT2D eigenvalue weighted by atomic mass is 10.2. The van der Waals surface area contributed by atoms with Gasteiger partial charge in [0.25, 0.3) is 0 Å². The first kappa shape index (κ1) is 11.5. The van der Waals surface area contributed by atoms with Crippen LogP contribution in [0.15, 0.2) is 30.5 Å². The lowest BCUT2D eigenvalue weighted by Gasteiger charge is -2.06. The van der Waals surface area contributed by atoms with E-state index in [9.17, 15) is 18.0 Å². The molecule has 0 aliphatic carbocycles. The fraction of sp³-hybridized carbons (Fsp3) is 0.182. The van der Waals surface area contributed by atoms with Crippen molar-refractivity contribution in [3.63, 3.8) is 0 Å². The van der Waals surface area contributed by atoms with Crippen LogP contribution in [0.5, 0.6) is 0 Å². The number of halogens is 3. The van der Waals surface area contributed by atoms with Crippen LogP contribution in [0.2, 0.25) is 0 Å². The monoisotopic (exact) mass is 242 g/mol. The first-order valence-corrected chi connectivity index (χ1v) is 4.88. The topological polar surface area (TPSA) is 44.9 Å². The molecule has 0 aliphatic heterocycles. The van der Waals surface area contributed by atoms with E-state index < -0.39 is 12.1 Å². The first-order valence-electron chi connectivity index (χ1n) is 4.88. The number of rotatable bonds is 2. The third-order valence-corrected chi connectivity index (χ3v) is 2.37. The highest BCUT2D eigenvalue weighted by Crippen LogP contribution is 2.18. The van der Waals surface area contributed by atoms with Crippen molar-refractivity contribution in [2.45, 2.75) is 12.7 Å². The van der Waals surface area contributed by atoms with E-state index >= 15 is 0 Å². The minimum Gasteiger partial charge on any atom is -0.361 e. The molecule has 0 fully saturated rings. The number of nitrogens with one attached hydrogen (secondary N) is 2. The molecule has 2 aromatic rings. The molecule has 0 unspecified atom stereocenters. The SMILES string of the molecule is O=C(NCc1c[nH]c2ccccc12)C(F)(F)F. The lowest BCUT2D eigenvalue weighted by Crippen LogP contribution is -2.36. The number of para-hydroxylation sites is 1. The van der Waals surface area contributed by atoms with E-state index in [1.54, 1.807) is 18.3 Å². The van der Waals surface area contributed by atoms with E-state index in [0.29, 0.717) is 5.56 Å². The van der Waals surface area contributed by atoms with Gasteiger partial charge >= 0.3 is 12.1 Å². The Balaban J connectivity index is 2.12. The number of hydrogen-bond donors (Lipinski definition) is 2. The van der Waals surface area contributed by atoms with Gasteiger partial charge in [0, 0.05) is 23.6 Å². The zero-order chi connectivity index (χ0) is 12.5. The fourth-order valence-corrected chi connectivity index (χ4v) is 1.55. The Kier molecular flexibility index (Phi) is 2.79. The van der Waals surface area contributed by atoms with Gasteiger partial charge in [-0.3, -0.25) is 4.79 Å². The Bertz CT molecular complexity index is 545. The molecule has 1 amide bonds. The predicted molar refractivity (Wildman–Crippen MR) is 56.2 cm³/mol. The van der Waals surface area contributed by atoms with Crippen LogP contribution in [0.25, 0.3) is 10.9 Å². The Morgan fingerprint density at radius 1 is 1.29 bits per heavy atom. The summed E-state index contributed by atoms with van der Waals surface area (Å²) in [5.41, 5.74) is 1.45. The highest BCUT2D eigenvalue weighted by atomic mass is 19.4. The number of H-pyrrole nitrogens is 1. The Morgan fingerprint density at radius 2 is 2.00 bits per heavy atom. The molecule has 0 atom stereocenters. The van der Waals surface area contributed by atoms with E-state index in [1.165, 1.54) is 0 Å². The smallest absolute Gasteiger partial charge is 0.361 e. The molecule has 0 aliphatic rings. The number of hydrogen-bond acceptors (Lipinski definition) is 1. The molecule has 0 spiro atoms. The standard InChI is InChI=1S/C11H9F3N2O/c12-11(13,14)10(17)16-6-7-5-15-9-4-2-1-3-8(7)9/h1-5,15H,6H2,(H,16,17). The Labute approximate surface area is 94.6 Å². The van der Waals surface area contributed by atoms with Crippen molar-refractivity contribution in [2.24, 2.45) is 0 Å². The van der Waals surface area contributed by atoms with E-state index in [4.69, 9.17) is 0 Å². The number of carbonyl (C=O) groups excluding carboxylic acids is 1. The summed E-state index contributed by atoms with van der Waals surface area (Å²) in [4.78, 5) is 13.6. The number of amides is 1. The van der Waals surface area contributed by atoms with Crippen LogP contribution in [0.3, 0.4) is 0 Å².